The maximum absolute atomic E-state index is 12.7. The highest BCUT2D eigenvalue weighted by Crippen LogP contribution is 2.39. The first-order valence-corrected chi connectivity index (χ1v) is 4.35. The van der Waals surface area contributed by atoms with Crippen molar-refractivity contribution in [3.8, 4) is 5.75 Å². The van der Waals surface area contributed by atoms with Crippen LogP contribution in [0.4, 0.5) is 13.2 Å². The summed E-state index contributed by atoms with van der Waals surface area (Å²) in [4.78, 5) is 0. The molecule has 0 bridgehead atoms. The lowest BCUT2D eigenvalue weighted by atomic mass is 10.0. The normalized spacial score (nSPS) is 11.6. The van der Waals surface area contributed by atoms with Crippen molar-refractivity contribution in [3.63, 3.8) is 0 Å². The van der Waals surface area contributed by atoms with Gasteiger partial charge >= 0.3 is 6.18 Å². The molecule has 0 spiro atoms. The number of benzene rings is 1. The minimum atomic E-state index is -4.44. The van der Waals surface area contributed by atoms with Gasteiger partial charge in [0.1, 0.15) is 11.3 Å². The minimum absolute atomic E-state index is 0.0550. The summed E-state index contributed by atoms with van der Waals surface area (Å²) >= 11 is 0. The smallest absolute Gasteiger partial charge is 0.420 e. The van der Waals surface area contributed by atoms with Crippen LogP contribution < -0.4 is 10.5 Å². The molecule has 0 aromatic heterocycles. The number of alkyl halides is 3. The van der Waals surface area contributed by atoms with E-state index in [-0.39, 0.29) is 17.9 Å². The van der Waals surface area contributed by atoms with E-state index in [4.69, 9.17) is 10.5 Å². The van der Waals surface area contributed by atoms with Crippen molar-refractivity contribution in [2.75, 3.05) is 7.11 Å². The van der Waals surface area contributed by atoms with E-state index in [1.807, 2.05) is 0 Å². The van der Waals surface area contributed by atoms with Gasteiger partial charge in [0, 0.05) is 6.54 Å². The Bertz CT molecular complexity index is 335. The van der Waals surface area contributed by atoms with Crippen LogP contribution in [0, 0.1) is 6.92 Å². The van der Waals surface area contributed by atoms with Crippen LogP contribution >= 0.6 is 0 Å². The van der Waals surface area contributed by atoms with Gasteiger partial charge in [0.25, 0.3) is 0 Å². The Balaban J connectivity index is 3.44. The number of methoxy groups -OCH3 is 1. The van der Waals surface area contributed by atoms with Gasteiger partial charge in [-0.3, -0.25) is 0 Å². The van der Waals surface area contributed by atoms with Crippen molar-refractivity contribution in [2.45, 2.75) is 19.6 Å². The highest BCUT2D eigenvalue weighted by molar-refractivity contribution is 5.45. The second kappa shape index (κ2) is 4.10. The highest BCUT2D eigenvalue weighted by atomic mass is 19.4. The first-order chi connectivity index (χ1) is 6.90. The molecule has 2 nitrogen and oxygen atoms in total. The van der Waals surface area contributed by atoms with Crippen LogP contribution in [0.25, 0.3) is 0 Å². The molecular weight excluding hydrogens is 207 g/mol. The van der Waals surface area contributed by atoms with Gasteiger partial charge < -0.3 is 10.5 Å². The van der Waals surface area contributed by atoms with E-state index >= 15 is 0 Å². The number of rotatable bonds is 2. The Hall–Kier alpha value is -1.23. The van der Waals surface area contributed by atoms with Crippen LogP contribution in [0.3, 0.4) is 0 Å². The van der Waals surface area contributed by atoms with Gasteiger partial charge in [0.2, 0.25) is 0 Å². The number of hydrogen-bond acceptors (Lipinski definition) is 2. The van der Waals surface area contributed by atoms with E-state index in [1.165, 1.54) is 19.2 Å². The standard InChI is InChI=1S/C10H12F3NO/c1-6-3-7(5-14)9(10(11,12)13)8(4-6)15-2/h3-4H,5,14H2,1-2H3. The van der Waals surface area contributed by atoms with E-state index < -0.39 is 11.7 Å². The molecule has 15 heavy (non-hydrogen) atoms. The molecule has 0 heterocycles. The summed E-state index contributed by atoms with van der Waals surface area (Å²) in [5, 5.41) is 0. The molecule has 1 rings (SSSR count). The molecule has 1 aromatic carbocycles. The minimum Gasteiger partial charge on any atom is -0.496 e. The zero-order valence-corrected chi connectivity index (χ0v) is 8.48. The number of halogens is 3. The van der Waals surface area contributed by atoms with Crippen molar-refractivity contribution in [2.24, 2.45) is 5.73 Å². The largest absolute Gasteiger partial charge is 0.496 e. The van der Waals surface area contributed by atoms with Gasteiger partial charge in [0.15, 0.2) is 0 Å². The summed E-state index contributed by atoms with van der Waals surface area (Å²) < 4.78 is 42.8. The predicted molar refractivity (Wildman–Crippen MR) is 50.6 cm³/mol. The van der Waals surface area contributed by atoms with Crippen molar-refractivity contribution >= 4 is 0 Å². The third-order valence-corrected chi connectivity index (χ3v) is 2.05. The number of aryl methyl sites for hydroxylation is 1. The molecule has 1 aromatic rings. The van der Waals surface area contributed by atoms with Gasteiger partial charge in [-0.1, -0.05) is 6.07 Å². The third kappa shape index (κ3) is 2.41. The molecule has 0 amide bonds. The van der Waals surface area contributed by atoms with Crippen LogP contribution in [-0.2, 0) is 12.7 Å². The van der Waals surface area contributed by atoms with Crippen LogP contribution in [0.15, 0.2) is 12.1 Å². The molecule has 84 valence electrons. The SMILES string of the molecule is COc1cc(C)cc(CN)c1C(F)(F)F. The van der Waals surface area contributed by atoms with Crippen molar-refractivity contribution in [3.05, 3.63) is 28.8 Å². The fraction of sp³-hybridized carbons (Fsp3) is 0.400. The fourth-order valence-corrected chi connectivity index (χ4v) is 1.47. The predicted octanol–water partition coefficient (Wildman–Crippen LogP) is 2.48. The summed E-state index contributed by atoms with van der Waals surface area (Å²) in [6.45, 7) is 1.54. The topological polar surface area (TPSA) is 35.2 Å². The van der Waals surface area contributed by atoms with Crippen LogP contribution in [-0.4, -0.2) is 7.11 Å². The Morgan fingerprint density at radius 3 is 2.33 bits per heavy atom. The summed E-state index contributed by atoms with van der Waals surface area (Å²) in [5.74, 6) is -0.178. The maximum atomic E-state index is 12.7. The molecule has 0 unspecified atom stereocenters. The molecule has 0 saturated carbocycles. The molecule has 0 fully saturated rings. The Morgan fingerprint density at radius 2 is 1.93 bits per heavy atom. The molecule has 0 saturated heterocycles. The molecule has 0 radical (unpaired) electrons. The summed E-state index contributed by atoms with van der Waals surface area (Å²) in [5.41, 5.74) is 5.25. The summed E-state index contributed by atoms with van der Waals surface area (Å²) in [6.07, 6.45) is -4.44. The highest BCUT2D eigenvalue weighted by Gasteiger charge is 2.36. The molecule has 0 aliphatic heterocycles. The first kappa shape index (κ1) is 11.8. The summed E-state index contributed by atoms with van der Waals surface area (Å²) in [7, 11) is 1.21. The lowest BCUT2D eigenvalue weighted by Gasteiger charge is -2.16. The average molecular weight is 219 g/mol. The van der Waals surface area contributed by atoms with E-state index in [1.54, 1.807) is 6.92 Å². The molecular formula is C10H12F3NO. The lowest BCUT2D eigenvalue weighted by molar-refractivity contribution is -0.139. The van der Waals surface area contributed by atoms with Gasteiger partial charge in [0.05, 0.1) is 7.11 Å². The van der Waals surface area contributed by atoms with E-state index in [0.717, 1.165) is 0 Å². The number of hydrogen-bond donors (Lipinski definition) is 1. The third-order valence-electron chi connectivity index (χ3n) is 2.05. The molecule has 2 N–H and O–H groups in total. The molecule has 0 aliphatic rings. The number of nitrogens with two attached hydrogens (primary N) is 1. The Morgan fingerprint density at radius 1 is 1.33 bits per heavy atom. The summed E-state index contributed by atoms with van der Waals surface area (Å²) in [6, 6.07) is 2.77. The van der Waals surface area contributed by atoms with Crippen molar-refractivity contribution < 1.29 is 17.9 Å². The quantitative estimate of drug-likeness (QED) is 0.829. The first-order valence-electron chi connectivity index (χ1n) is 4.35. The van der Waals surface area contributed by atoms with Crippen molar-refractivity contribution in [1.29, 1.82) is 0 Å². The second-order valence-electron chi connectivity index (χ2n) is 3.20. The lowest BCUT2D eigenvalue weighted by Crippen LogP contribution is -2.14. The molecule has 0 aliphatic carbocycles. The molecule has 0 atom stereocenters. The average Bonchev–Trinajstić information content (AvgIpc) is 2.14. The monoisotopic (exact) mass is 219 g/mol. The second-order valence-corrected chi connectivity index (χ2v) is 3.20. The maximum Gasteiger partial charge on any atom is 0.420 e. The Labute approximate surface area is 85.8 Å². The van der Waals surface area contributed by atoms with E-state index in [9.17, 15) is 13.2 Å². The van der Waals surface area contributed by atoms with E-state index in [0.29, 0.717) is 5.56 Å². The Kier molecular flexibility index (Phi) is 3.24. The van der Waals surface area contributed by atoms with Crippen LogP contribution in [0.5, 0.6) is 5.75 Å². The van der Waals surface area contributed by atoms with Gasteiger partial charge in [-0.25, -0.2) is 0 Å². The van der Waals surface area contributed by atoms with E-state index in [2.05, 4.69) is 0 Å². The van der Waals surface area contributed by atoms with Crippen molar-refractivity contribution in [1.82, 2.24) is 0 Å². The van der Waals surface area contributed by atoms with Gasteiger partial charge in [-0.15, -0.1) is 0 Å². The zero-order chi connectivity index (χ0) is 11.6. The van der Waals surface area contributed by atoms with Gasteiger partial charge in [-0.2, -0.15) is 13.2 Å². The van der Waals surface area contributed by atoms with Crippen LogP contribution in [0.1, 0.15) is 16.7 Å². The number of ether oxygens (including phenoxy) is 1. The van der Waals surface area contributed by atoms with Gasteiger partial charge in [-0.05, 0) is 24.1 Å². The fourth-order valence-electron chi connectivity index (χ4n) is 1.47. The zero-order valence-electron chi connectivity index (χ0n) is 8.48. The van der Waals surface area contributed by atoms with Crippen LogP contribution in [0.2, 0.25) is 0 Å². The molecule has 5 heteroatoms.